The minimum Gasteiger partial charge on any atom is -0.375 e. The van der Waals surface area contributed by atoms with Gasteiger partial charge in [0.2, 0.25) is 0 Å². The molecule has 0 heterocycles. The number of unbranched alkanes of at least 4 members (excludes halogenated alkanes) is 1. The molecule has 0 N–H and O–H groups in total. The molecule has 0 atom stereocenters. The Morgan fingerprint density at radius 1 is 1.56 bits per heavy atom. The normalized spacial score (nSPS) is 9.56. The van der Waals surface area contributed by atoms with Crippen molar-refractivity contribution in [2.24, 2.45) is 0 Å². The highest BCUT2D eigenvalue weighted by atomic mass is 35.5. The molecule has 0 aromatic heterocycles. The standard InChI is InChI=1S/C13H15ClN2/c1-3-4-5-8-16(2)12-7-6-11(10-15)13(14)9-12/h3,6-7,9H,1,4-5,8H2,2H3. The number of allylic oxidation sites excluding steroid dienone is 1. The molecule has 2 nitrogen and oxygen atoms in total. The first-order chi connectivity index (χ1) is 7.69. The van der Waals surface area contributed by atoms with Crippen molar-refractivity contribution in [2.45, 2.75) is 12.8 Å². The van der Waals surface area contributed by atoms with Crippen molar-refractivity contribution in [1.82, 2.24) is 0 Å². The van der Waals surface area contributed by atoms with Gasteiger partial charge in [-0.25, -0.2) is 0 Å². The minimum absolute atomic E-state index is 0.510. The Kier molecular flexibility index (Phi) is 4.88. The van der Waals surface area contributed by atoms with Crippen LogP contribution in [0.15, 0.2) is 30.9 Å². The second-order valence-electron chi connectivity index (χ2n) is 3.63. The summed E-state index contributed by atoms with van der Waals surface area (Å²) in [5.41, 5.74) is 1.55. The molecule has 1 aromatic carbocycles. The number of benzene rings is 1. The lowest BCUT2D eigenvalue weighted by atomic mass is 10.2. The van der Waals surface area contributed by atoms with E-state index >= 15 is 0 Å². The molecule has 16 heavy (non-hydrogen) atoms. The Morgan fingerprint density at radius 3 is 2.88 bits per heavy atom. The van der Waals surface area contributed by atoms with E-state index in [2.05, 4.69) is 11.5 Å². The average Bonchev–Trinajstić information content (AvgIpc) is 2.29. The molecular weight excluding hydrogens is 220 g/mol. The molecule has 3 heteroatoms. The summed E-state index contributed by atoms with van der Waals surface area (Å²) in [5, 5.41) is 9.27. The second-order valence-corrected chi connectivity index (χ2v) is 4.04. The molecule has 0 aliphatic rings. The summed E-state index contributed by atoms with van der Waals surface area (Å²) >= 11 is 5.97. The van der Waals surface area contributed by atoms with Gasteiger partial charge in [-0.05, 0) is 31.0 Å². The van der Waals surface area contributed by atoms with Gasteiger partial charge in [-0.3, -0.25) is 0 Å². The van der Waals surface area contributed by atoms with Crippen molar-refractivity contribution >= 4 is 17.3 Å². The average molecular weight is 235 g/mol. The summed E-state index contributed by atoms with van der Waals surface area (Å²) in [5.74, 6) is 0. The summed E-state index contributed by atoms with van der Waals surface area (Å²) in [4.78, 5) is 2.12. The first kappa shape index (κ1) is 12.6. The Labute approximate surface area is 102 Å². The second kappa shape index (κ2) is 6.19. The number of halogens is 1. The molecular formula is C13H15ClN2. The third kappa shape index (κ3) is 3.29. The number of nitrogens with zero attached hydrogens (tertiary/aromatic N) is 2. The molecule has 1 rings (SSSR count). The SMILES string of the molecule is C=CCCCN(C)c1ccc(C#N)c(Cl)c1. The molecule has 0 aliphatic carbocycles. The van der Waals surface area contributed by atoms with Crippen LogP contribution in [-0.2, 0) is 0 Å². The molecule has 0 saturated heterocycles. The Morgan fingerprint density at radius 2 is 2.31 bits per heavy atom. The number of hydrogen-bond donors (Lipinski definition) is 0. The number of rotatable bonds is 5. The van der Waals surface area contributed by atoms with Crippen LogP contribution >= 0.6 is 11.6 Å². The third-order valence-electron chi connectivity index (χ3n) is 2.42. The van der Waals surface area contributed by atoms with Crippen LogP contribution in [0.25, 0.3) is 0 Å². The van der Waals surface area contributed by atoms with Gasteiger partial charge in [-0.15, -0.1) is 6.58 Å². The zero-order valence-corrected chi connectivity index (χ0v) is 10.2. The van der Waals surface area contributed by atoms with Crippen molar-refractivity contribution in [3.63, 3.8) is 0 Å². The van der Waals surface area contributed by atoms with E-state index in [9.17, 15) is 0 Å². The number of hydrogen-bond acceptors (Lipinski definition) is 2. The quantitative estimate of drug-likeness (QED) is 0.575. The van der Waals surface area contributed by atoms with Crippen LogP contribution in [0.4, 0.5) is 5.69 Å². The third-order valence-corrected chi connectivity index (χ3v) is 2.73. The number of anilines is 1. The first-order valence-electron chi connectivity index (χ1n) is 5.20. The van der Waals surface area contributed by atoms with E-state index in [0.29, 0.717) is 10.6 Å². The zero-order chi connectivity index (χ0) is 12.0. The van der Waals surface area contributed by atoms with E-state index in [4.69, 9.17) is 16.9 Å². The zero-order valence-electron chi connectivity index (χ0n) is 9.41. The lowest BCUT2D eigenvalue weighted by molar-refractivity contribution is 0.802. The molecule has 0 radical (unpaired) electrons. The highest BCUT2D eigenvalue weighted by Crippen LogP contribution is 2.22. The van der Waals surface area contributed by atoms with Gasteiger partial charge in [0.05, 0.1) is 10.6 Å². The molecule has 0 saturated carbocycles. The highest BCUT2D eigenvalue weighted by Gasteiger charge is 2.04. The Bertz CT molecular complexity index is 407. The van der Waals surface area contributed by atoms with Crippen molar-refractivity contribution in [3.05, 3.63) is 41.4 Å². The molecule has 0 bridgehead atoms. The van der Waals surface area contributed by atoms with Gasteiger partial charge in [0.1, 0.15) is 6.07 Å². The van der Waals surface area contributed by atoms with E-state index in [1.807, 2.05) is 31.3 Å². The van der Waals surface area contributed by atoms with Gasteiger partial charge in [-0.2, -0.15) is 5.26 Å². The molecule has 0 fully saturated rings. The molecule has 0 spiro atoms. The topological polar surface area (TPSA) is 27.0 Å². The number of nitriles is 1. The van der Waals surface area contributed by atoms with Gasteiger partial charge in [0.15, 0.2) is 0 Å². The highest BCUT2D eigenvalue weighted by molar-refractivity contribution is 6.32. The van der Waals surface area contributed by atoms with Crippen LogP contribution in [0.5, 0.6) is 0 Å². The largest absolute Gasteiger partial charge is 0.375 e. The predicted molar refractivity (Wildman–Crippen MR) is 68.9 cm³/mol. The summed E-state index contributed by atoms with van der Waals surface area (Å²) in [6.45, 7) is 4.64. The van der Waals surface area contributed by atoms with Crippen molar-refractivity contribution in [3.8, 4) is 6.07 Å². The maximum atomic E-state index is 8.76. The molecule has 1 aromatic rings. The van der Waals surface area contributed by atoms with Gasteiger partial charge in [0.25, 0.3) is 0 Å². The predicted octanol–water partition coefficient (Wildman–Crippen LogP) is 3.61. The van der Waals surface area contributed by atoms with Crippen LogP contribution in [0.3, 0.4) is 0 Å². The van der Waals surface area contributed by atoms with Crippen LogP contribution < -0.4 is 4.90 Å². The fraction of sp³-hybridized carbons (Fsp3) is 0.308. The van der Waals surface area contributed by atoms with Crippen LogP contribution in [0.1, 0.15) is 18.4 Å². The van der Waals surface area contributed by atoms with E-state index in [-0.39, 0.29) is 0 Å². The van der Waals surface area contributed by atoms with E-state index in [1.165, 1.54) is 0 Å². The molecule has 84 valence electrons. The Hall–Kier alpha value is -1.46. The van der Waals surface area contributed by atoms with Crippen LogP contribution in [-0.4, -0.2) is 13.6 Å². The molecule has 0 unspecified atom stereocenters. The van der Waals surface area contributed by atoms with Gasteiger partial charge in [-0.1, -0.05) is 17.7 Å². The summed E-state index contributed by atoms with van der Waals surface area (Å²) < 4.78 is 0. The fourth-order valence-corrected chi connectivity index (χ4v) is 1.65. The first-order valence-corrected chi connectivity index (χ1v) is 5.58. The lowest BCUT2D eigenvalue weighted by Crippen LogP contribution is -2.18. The van der Waals surface area contributed by atoms with Gasteiger partial charge in [0, 0.05) is 19.3 Å². The smallest absolute Gasteiger partial charge is 0.101 e. The van der Waals surface area contributed by atoms with Crippen LogP contribution in [0.2, 0.25) is 5.02 Å². The summed E-state index contributed by atoms with van der Waals surface area (Å²) in [6.07, 6.45) is 3.99. The summed E-state index contributed by atoms with van der Waals surface area (Å²) in [7, 11) is 2.01. The summed E-state index contributed by atoms with van der Waals surface area (Å²) in [6, 6.07) is 7.54. The fourth-order valence-electron chi connectivity index (χ4n) is 1.43. The van der Waals surface area contributed by atoms with Gasteiger partial charge >= 0.3 is 0 Å². The maximum Gasteiger partial charge on any atom is 0.101 e. The Balaban J connectivity index is 2.69. The van der Waals surface area contributed by atoms with E-state index in [1.54, 1.807) is 6.07 Å². The van der Waals surface area contributed by atoms with Crippen molar-refractivity contribution in [2.75, 3.05) is 18.5 Å². The molecule has 0 aliphatic heterocycles. The molecule has 0 amide bonds. The monoisotopic (exact) mass is 234 g/mol. The van der Waals surface area contributed by atoms with Crippen molar-refractivity contribution in [1.29, 1.82) is 5.26 Å². The maximum absolute atomic E-state index is 8.76. The minimum atomic E-state index is 0.510. The van der Waals surface area contributed by atoms with Gasteiger partial charge < -0.3 is 4.90 Å². The van der Waals surface area contributed by atoms with E-state index < -0.39 is 0 Å². The van der Waals surface area contributed by atoms with E-state index in [0.717, 1.165) is 25.1 Å². The van der Waals surface area contributed by atoms with Crippen LogP contribution in [0, 0.1) is 11.3 Å². The lowest BCUT2D eigenvalue weighted by Gasteiger charge is -2.19. The van der Waals surface area contributed by atoms with Crippen molar-refractivity contribution < 1.29 is 0 Å².